The summed E-state index contributed by atoms with van der Waals surface area (Å²) in [6.07, 6.45) is 0.628. The minimum Gasteiger partial charge on any atom is -0.484 e. The molecule has 0 fully saturated rings. The maximum absolute atomic E-state index is 14.0. The molecular weight excluding hydrogens is 370 g/mol. The molecule has 0 radical (unpaired) electrons. The van der Waals surface area contributed by atoms with Crippen LogP contribution in [0, 0.1) is 11.6 Å². The van der Waals surface area contributed by atoms with Crippen LogP contribution in [0.1, 0.15) is 10.6 Å². The van der Waals surface area contributed by atoms with Crippen LogP contribution in [-0.2, 0) is 17.8 Å². The van der Waals surface area contributed by atoms with Crippen molar-refractivity contribution in [3.05, 3.63) is 70.7 Å². The SMILES string of the molecule is O=C(COc1ccc(F)cc1)N1CCc2nc(-c3ccccc3F)sc2C1. The summed E-state index contributed by atoms with van der Waals surface area (Å²) in [5, 5.41) is 0.634. The lowest BCUT2D eigenvalue weighted by Crippen LogP contribution is -2.38. The van der Waals surface area contributed by atoms with Crippen LogP contribution in [0.3, 0.4) is 0 Å². The largest absolute Gasteiger partial charge is 0.484 e. The molecule has 3 aromatic rings. The van der Waals surface area contributed by atoms with Gasteiger partial charge in [-0.3, -0.25) is 4.79 Å². The molecule has 4 nitrogen and oxygen atoms in total. The first-order chi connectivity index (χ1) is 13.1. The fourth-order valence-corrected chi connectivity index (χ4v) is 4.08. The van der Waals surface area contributed by atoms with E-state index >= 15 is 0 Å². The zero-order valence-electron chi connectivity index (χ0n) is 14.3. The molecule has 0 saturated carbocycles. The lowest BCUT2D eigenvalue weighted by molar-refractivity contribution is -0.134. The van der Waals surface area contributed by atoms with Gasteiger partial charge in [0.1, 0.15) is 22.4 Å². The van der Waals surface area contributed by atoms with E-state index in [2.05, 4.69) is 4.98 Å². The topological polar surface area (TPSA) is 42.4 Å². The number of carbonyl (C=O) groups is 1. The minimum absolute atomic E-state index is 0.111. The third-order valence-electron chi connectivity index (χ3n) is 4.36. The first-order valence-electron chi connectivity index (χ1n) is 8.50. The van der Waals surface area contributed by atoms with Gasteiger partial charge in [-0.05, 0) is 36.4 Å². The van der Waals surface area contributed by atoms with E-state index in [1.54, 1.807) is 23.1 Å². The number of amides is 1. The molecule has 27 heavy (non-hydrogen) atoms. The second kappa shape index (κ2) is 7.44. The Kier molecular flexibility index (Phi) is 4.85. The van der Waals surface area contributed by atoms with Crippen molar-refractivity contribution in [1.82, 2.24) is 9.88 Å². The van der Waals surface area contributed by atoms with Gasteiger partial charge in [0.2, 0.25) is 0 Å². The average Bonchev–Trinajstić information content (AvgIpc) is 3.10. The number of ether oxygens (including phenoxy) is 1. The number of halogens is 2. The summed E-state index contributed by atoms with van der Waals surface area (Å²) in [5.41, 5.74) is 1.40. The first kappa shape index (κ1) is 17.6. The van der Waals surface area contributed by atoms with E-state index in [9.17, 15) is 13.6 Å². The Morgan fingerprint density at radius 1 is 1.15 bits per heavy atom. The molecule has 2 heterocycles. The molecule has 1 aromatic heterocycles. The van der Waals surface area contributed by atoms with Crippen molar-refractivity contribution in [2.75, 3.05) is 13.2 Å². The fourth-order valence-electron chi connectivity index (χ4n) is 2.93. The van der Waals surface area contributed by atoms with Crippen molar-refractivity contribution in [2.45, 2.75) is 13.0 Å². The molecule has 7 heteroatoms. The molecule has 0 unspecified atom stereocenters. The van der Waals surface area contributed by atoms with Crippen LogP contribution in [0.15, 0.2) is 48.5 Å². The van der Waals surface area contributed by atoms with Crippen molar-refractivity contribution in [1.29, 1.82) is 0 Å². The standard InChI is InChI=1S/C20H16F2N2O2S/c21-13-5-7-14(8-6-13)26-12-19(25)24-10-9-17-18(11-24)27-20(23-17)15-3-1-2-4-16(15)22/h1-8H,9-12H2. The van der Waals surface area contributed by atoms with E-state index in [4.69, 9.17) is 4.74 Å². The summed E-state index contributed by atoms with van der Waals surface area (Å²) in [6.45, 7) is 0.867. The Morgan fingerprint density at radius 2 is 1.93 bits per heavy atom. The second-order valence-electron chi connectivity index (χ2n) is 6.18. The highest BCUT2D eigenvalue weighted by Gasteiger charge is 2.25. The number of hydrogen-bond donors (Lipinski definition) is 0. The van der Waals surface area contributed by atoms with Gasteiger partial charge >= 0.3 is 0 Å². The van der Waals surface area contributed by atoms with E-state index in [0.29, 0.717) is 35.8 Å². The van der Waals surface area contributed by atoms with Crippen molar-refractivity contribution in [3.8, 4) is 16.3 Å². The zero-order valence-corrected chi connectivity index (χ0v) is 15.1. The Bertz CT molecular complexity index is 972. The van der Waals surface area contributed by atoms with Gasteiger partial charge in [0.15, 0.2) is 6.61 Å². The molecule has 0 aliphatic carbocycles. The molecule has 0 N–H and O–H groups in total. The number of hydrogen-bond acceptors (Lipinski definition) is 4. The summed E-state index contributed by atoms with van der Waals surface area (Å²) in [6, 6.07) is 12.1. The monoisotopic (exact) mass is 386 g/mol. The van der Waals surface area contributed by atoms with Gasteiger partial charge in [-0.2, -0.15) is 0 Å². The zero-order chi connectivity index (χ0) is 18.8. The highest BCUT2D eigenvalue weighted by atomic mass is 32.1. The Labute approximate surface area is 159 Å². The maximum Gasteiger partial charge on any atom is 0.260 e. The summed E-state index contributed by atoms with van der Waals surface area (Å²) in [5.74, 6) is -0.356. The molecule has 138 valence electrons. The highest BCUT2D eigenvalue weighted by Crippen LogP contribution is 2.32. The number of fused-ring (bicyclic) bond motifs is 1. The van der Waals surface area contributed by atoms with Gasteiger partial charge in [-0.1, -0.05) is 12.1 Å². The molecule has 2 aromatic carbocycles. The molecule has 1 aliphatic heterocycles. The van der Waals surface area contributed by atoms with E-state index in [-0.39, 0.29) is 24.1 Å². The quantitative estimate of drug-likeness (QED) is 0.679. The Morgan fingerprint density at radius 3 is 2.70 bits per heavy atom. The number of carbonyl (C=O) groups excluding carboxylic acids is 1. The number of rotatable bonds is 4. The first-order valence-corrected chi connectivity index (χ1v) is 9.31. The summed E-state index contributed by atoms with van der Waals surface area (Å²) in [4.78, 5) is 19.7. The van der Waals surface area contributed by atoms with Crippen LogP contribution in [0.25, 0.3) is 10.6 Å². The summed E-state index contributed by atoms with van der Waals surface area (Å²) >= 11 is 1.41. The lowest BCUT2D eigenvalue weighted by Gasteiger charge is -2.26. The van der Waals surface area contributed by atoms with Crippen LogP contribution in [0.4, 0.5) is 8.78 Å². The third-order valence-corrected chi connectivity index (χ3v) is 5.48. The highest BCUT2D eigenvalue weighted by molar-refractivity contribution is 7.15. The Hall–Kier alpha value is -2.80. The van der Waals surface area contributed by atoms with Crippen LogP contribution in [0.2, 0.25) is 0 Å². The van der Waals surface area contributed by atoms with Gasteiger partial charge in [0, 0.05) is 23.4 Å². The van der Waals surface area contributed by atoms with E-state index < -0.39 is 0 Å². The fraction of sp³-hybridized carbons (Fsp3) is 0.200. The van der Waals surface area contributed by atoms with Gasteiger partial charge in [0.25, 0.3) is 5.91 Å². The van der Waals surface area contributed by atoms with Crippen molar-refractivity contribution >= 4 is 17.2 Å². The number of aromatic nitrogens is 1. The van der Waals surface area contributed by atoms with Crippen LogP contribution in [0.5, 0.6) is 5.75 Å². The normalized spacial score (nSPS) is 13.3. The smallest absolute Gasteiger partial charge is 0.260 e. The van der Waals surface area contributed by atoms with Crippen LogP contribution in [-0.4, -0.2) is 28.9 Å². The average molecular weight is 386 g/mol. The predicted molar refractivity (Wildman–Crippen MR) is 98.5 cm³/mol. The van der Waals surface area contributed by atoms with Gasteiger partial charge in [-0.15, -0.1) is 11.3 Å². The summed E-state index contributed by atoms with van der Waals surface area (Å²) in [7, 11) is 0. The lowest BCUT2D eigenvalue weighted by atomic mass is 10.1. The predicted octanol–water partition coefficient (Wildman–Crippen LogP) is 4.05. The third kappa shape index (κ3) is 3.83. The molecule has 1 aliphatic rings. The molecule has 1 amide bonds. The molecule has 0 saturated heterocycles. The molecule has 0 bridgehead atoms. The van der Waals surface area contributed by atoms with Crippen LogP contribution >= 0.6 is 11.3 Å². The maximum atomic E-state index is 14.0. The van der Waals surface area contributed by atoms with Crippen molar-refractivity contribution in [3.63, 3.8) is 0 Å². The molecule has 0 spiro atoms. The van der Waals surface area contributed by atoms with Gasteiger partial charge in [-0.25, -0.2) is 13.8 Å². The molecule has 4 rings (SSSR count). The van der Waals surface area contributed by atoms with Crippen molar-refractivity contribution in [2.24, 2.45) is 0 Å². The number of nitrogens with zero attached hydrogens (tertiary/aromatic N) is 2. The van der Waals surface area contributed by atoms with E-state index in [1.165, 1.54) is 41.7 Å². The van der Waals surface area contributed by atoms with E-state index in [0.717, 1.165) is 10.6 Å². The number of benzene rings is 2. The minimum atomic E-state index is -0.354. The van der Waals surface area contributed by atoms with Gasteiger partial charge < -0.3 is 9.64 Å². The summed E-state index contributed by atoms with van der Waals surface area (Å²) < 4.78 is 32.3. The molecular formula is C20H16F2N2O2S. The second-order valence-corrected chi connectivity index (χ2v) is 7.26. The van der Waals surface area contributed by atoms with Crippen molar-refractivity contribution < 1.29 is 18.3 Å². The van der Waals surface area contributed by atoms with Gasteiger partial charge in [0.05, 0.1) is 12.2 Å². The Balaban J connectivity index is 1.43. The van der Waals surface area contributed by atoms with Crippen LogP contribution < -0.4 is 4.74 Å². The number of thiazole rings is 1. The molecule has 0 atom stereocenters. The van der Waals surface area contributed by atoms with E-state index in [1.807, 2.05) is 0 Å².